The molecule has 0 saturated heterocycles. The van der Waals surface area contributed by atoms with Crippen LogP contribution in [-0.4, -0.2) is 36.1 Å². The average Bonchev–Trinajstić information content (AvgIpc) is 1.88. The number of hydrogen-bond acceptors (Lipinski definition) is 3. The normalized spacial score (nSPS) is 16.8. The molecule has 0 fully saturated rings. The van der Waals surface area contributed by atoms with Crippen LogP contribution in [-0.2, 0) is 4.74 Å². The summed E-state index contributed by atoms with van der Waals surface area (Å²) >= 11 is 0. The van der Waals surface area contributed by atoms with Gasteiger partial charge in [-0.3, -0.25) is 0 Å². The lowest BCUT2D eigenvalue weighted by Crippen LogP contribution is -2.22. The first-order chi connectivity index (χ1) is 4.68. The van der Waals surface area contributed by atoms with E-state index in [2.05, 4.69) is 0 Å². The Morgan fingerprint density at radius 2 is 2.00 bits per heavy atom. The van der Waals surface area contributed by atoms with E-state index in [1.54, 1.807) is 14.0 Å². The van der Waals surface area contributed by atoms with Gasteiger partial charge in [0.15, 0.2) is 0 Å². The highest BCUT2D eigenvalue weighted by molar-refractivity contribution is 4.60. The first-order valence-corrected chi connectivity index (χ1v) is 3.53. The topological polar surface area (TPSA) is 49.7 Å². The summed E-state index contributed by atoms with van der Waals surface area (Å²) in [4.78, 5) is 0. The number of hydrogen-bond donors (Lipinski definition) is 2. The van der Waals surface area contributed by atoms with Crippen LogP contribution in [0.3, 0.4) is 0 Å². The molecule has 0 radical (unpaired) electrons. The van der Waals surface area contributed by atoms with Gasteiger partial charge in [0.2, 0.25) is 0 Å². The Balaban J connectivity index is 3.13. The van der Waals surface area contributed by atoms with Gasteiger partial charge in [0.25, 0.3) is 0 Å². The second-order valence-corrected chi connectivity index (χ2v) is 2.44. The largest absolute Gasteiger partial charge is 0.391 e. The monoisotopic (exact) mass is 148 g/mol. The highest BCUT2D eigenvalue weighted by atomic mass is 16.5. The van der Waals surface area contributed by atoms with Gasteiger partial charge in [-0.05, 0) is 19.8 Å². The Kier molecular flexibility index (Phi) is 5.58. The smallest absolute Gasteiger partial charge is 0.0797 e. The van der Waals surface area contributed by atoms with Crippen molar-refractivity contribution in [2.45, 2.75) is 32.0 Å². The van der Waals surface area contributed by atoms with Crippen molar-refractivity contribution in [1.29, 1.82) is 0 Å². The Labute approximate surface area is 61.6 Å². The number of rotatable bonds is 5. The molecule has 0 rings (SSSR count). The van der Waals surface area contributed by atoms with Gasteiger partial charge in [-0.1, -0.05) is 0 Å². The van der Waals surface area contributed by atoms with Gasteiger partial charge >= 0.3 is 0 Å². The van der Waals surface area contributed by atoms with Crippen LogP contribution in [0.2, 0.25) is 0 Å². The van der Waals surface area contributed by atoms with Crippen molar-refractivity contribution in [2.75, 3.05) is 13.7 Å². The fraction of sp³-hybridized carbons (Fsp3) is 1.00. The Morgan fingerprint density at radius 3 is 2.40 bits per heavy atom. The van der Waals surface area contributed by atoms with Crippen molar-refractivity contribution in [2.24, 2.45) is 0 Å². The highest BCUT2D eigenvalue weighted by Crippen LogP contribution is 2.01. The molecule has 2 unspecified atom stereocenters. The minimum Gasteiger partial charge on any atom is -0.391 e. The number of aliphatic hydroxyl groups is 2. The summed E-state index contributed by atoms with van der Waals surface area (Å²) in [6.45, 7) is 2.22. The lowest BCUT2D eigenvalue weighted by Gasteiger charge is -2.12. The van der Waals surface area contributed by atoms with Crippen molar-refractivity contribution in [3.8, 4) is 0 Å². The lowest BCUT2D eigenvalue weighted by molar-refractivity contribution is 0.0208. The fourth-order valence-corrected chi connectivity index (χ4v) is 0.678. The average molecular weight is 148 g/mol. The fourth-order valence-electron chi connectivity index (χ4n) is 0.678. The molecule has 0 aliphatic heterocycles. The maximum absolute atomic E-state index is 9.05. The maximum atomic E-state index is 9.05. The van der Waals surface area contributed by atoms with Crippen LogP contribution in [0.5, 0.6) is 0 Å². The third-order valence-electron chi connectivity index (χ3n) is 1.41. The Bertz CT molecular complexity index is 73.3. The van der Waals surface area contributed by atoms with E-state index in [4.69, 9.17) is 14.9 Å². The summed E-state index contributed by atoms with van der Waals surface area (Å²) in [6.07, 6.45) is 0.167. The van der Waals surface area contributed by atoms with E-state index in [1.807, 2.05) is 0 Å². The van der Waals surface area contributed by atoms with Crippen LogP contribution < -0.4 is 0 Å². The van der Waals surface area contributed by atoms with Gasteiger partial charge in [-0.2, -0.15) is 0 Å². The number of ether oxygens (including phenoxy) is 1. The van der Waals surface area contributed by atoms with Crippen molar-refractivity contribution in [3.63, 3.8) is 0 Å². The van der Waals surface area contributed by atoms with E-state index in [1.165, 1.54) is 0 Å². The standard InChI is InChI=1S/C7H16O3/c1-6(8)7(9)4-3-5-10-2/h6-9H,3-5H2,1-2H3. The van der Waals surface area contributed by atoms with E-state index >= 15 is 0 Å². The molecular formula is C7H16O3. The first-order valence-electron chi connectivity index (χ1n) is 3.53. The molecule has 62 valence electrons. The summed E-state index contributed by atoms with van der Waals surface area (Å²) in [7, 11) is 1.62. The first kappa shape index (κ1) is 9.88. The van der Waals surface area contributed by atoms with Crippen LogP contribution in [0.1, 0.15) is 19.8 Å². The van der Waals surface area contributed by atoms with Crippen molar-refractivity contribution in [3.05, 3.63) is 0 Å². The molecule has 0 aromatic rings. The molecule has 0 amide bonds. The lowest BCUT2D eigenvalue weighted by atomic mass is 10.1. The SMILES string of the molecule is COCCCC(O)C(C)O. The van der Waals surface area contributed by atoms with Crippen LogP contribution in [0.4, 0.5) is 0 Å². The molecule has 0 spiro atoms. The van der Waals surface area contributed by atoms with E-state index in [9.17, 15) is 0 Å². The van der Waals surface area contributed by atoms with Crippen LogP contribution >= 0.6 is 0 Å². The summed E-state index contributed by atoms with van der Waals surface area (Å²) in [5, 5.41) is 17.9. The van der Waals surface area contributed by atoms with Crippen molar-refractivity contribution < 1.29 is 14.9 Å². The summed E-state index contributed by atoms with van der Waals surface area (Å²) in [5.41, 5.74) is 0. The molecule has 0 aromatic heterocycles. The molecule has 0 bridgehead atoms. The Hall–Kier alpha value is -0.120. The highest BCUT2D eigenvalue weighted by Gasteiger charge is 2.08. The predicted molar refractivity (Wildman–Crippen MR) is 38.8 cm³/mol. The van der Waals surface area contributed by atoms with Crippen molar-refractivity contribution in [1.82, 2.24) is 0 Å². The molecule has 3 heteroatoms. The zero-order chi connectivity index (χ0) is 7.98. The number of aliphatic hydroxyl groups excluding tert-OH is 2. The second-order valence-electron chi connectivity index (χ2n) is 2.44. The predicted octanol–water partition coefficient (Wildman–Crippen LogP) is 0.155. The van der Waals surface area contributed by atoms with E-state index < -0.39 is 12.2 Å². The number of methoxy groups -OCH3 is 1. The van der Waals surface area contributed by atoms with Crippen LogP contribution in [0.15, 0.2) is 0 Å². The summed E-state index contributed by atoms with van der Waals surface area (Å²) in [5.74, 6) is 0. The zero-order valence-corrected chi connectivity index (χ0v) is 6.58. The van der Waals surface area contributed by atoms with Gasteiger partial charge in [0.1, 0.15) is 0 Å². The molecule has 0 saturated carbocycles. The van der Waals surface area contributed by atoms with Gasteiger partial charge in [-0.25, -0.2) is 0 Å². The third kappa shape index (κ3) is 4.73. The van der Waals surface area contributed by atoms with E-state index in [0.717, 1.165) is 6.42 Å². The molecule has 0 aliphatic rings. The van der Waals surface area contributed by atoms with Crippen LogP contribution in [0, 0.1) is 0 Å². The summed E-state index contributed by atoms with van der Waals surface area (Å²) in [6, 6.07) is 0. The second kappa shape index (κ2) is 5.65. The van der Waals surface area contributed by atoms with E-state index in [-0.39, 0.29) is 0 Å². The zero-order valence-electron chi connectivity index (χ0n) is 6.58. The molecule has 0 aliphatic carbocycles. The minimum atomic E-state index is -0.628. The van der Waals surface area contributed by atoms with Crippen LogP contribution in [0.25, 0.3) is 0 Å². The Morgan fingerprint density at radius 1 is 1.40 bits per heavy atom. The molecule has 3 nitrogen and oxygen atoms in total. The van der Waals surface area contributed by atoms with Gasteiger partial charge in [-0.15, -0.1) is 0 Å². The molecule has 10 heavy (non-hydrogen) atoms. The quantitative estimate of drug-likeness (QED) is 0.546. The molecule has 2 atom stereocenters. The van der Waals surface area contributed by atoms with Gasteiger partial charge in [0, 0.05) is 13.7 Å². The van der Waals surface area contributed by atoms with Gasteiger partial charge < -0.3 is 14.9 Å². The summed E-state index contributed by atoms with van der Waals surface area (Å²) < 4.78 is 4.78. The third-order valence-corrected chi connectivity index (χ3v) is 1.41. The molecule has 0 aromatic carbocycles. The maximum Gasteiger partial charge on any atom is 0.0797 e. The molecule has 0 heterocycles. The van der Waals surface area contributed by atoms with Gasteiger partial charge in [0.05, 0.1) is 12.2 Å². The minimum absolute atomic E-state index is 0.602. The molecule has 2 N–H and O–H groups in total. The molecular weight excluding hydrogens is 132 g/mol. The van der Waals surface area contributed by atoms with E-state index in [0.29, 0.717) is 13.0 Å². The van der Waals surface area contributed by atoms with Crippen molar-refractivity contribution >= 4 is 0 Å².